The smallest absolute Gasteiger partial charge is 0.254 e. The van der Waals surface area contributed by atoms with Crippen LogP contribution in [0.4, 0.5) is 0 Å². The second-order valence-corrected chi connectivity index (χ2v) is 5.89. The van der Waals surface area contributed by atoms with Crippen LogP contribution in [0.3, 0.4) is 0 Å². The molecule has 0 aliphatic carbocycles. The molecule has 20 heavy (non-hydrogen) atoms. The molecular formula is C15H21N3OS. The lowest BCUT2D eigenvalue weighted by atomic mass is 10.2. The summed E-state index contributed by atoms with van der Waals surface area (Å²) in [6.07, 6.45) is 2.57. The minimum absolute atomic E-state index is 0.0706. The van der Waals surface area contributed by atoms with Gasteiger partial charge in [-0.3, -0.25) is 4.79 Å². The van der Waals surface area contributed by atoms with Gasteiger partial charge in [0.25, 0.3) is 5.91 Å². The summed E-state index contributed by atoms with van der Waals surface area (Å²) in [6, 6.07) is 1.85. The standard InChI is InChI=1S/C15H21N3OS/c1-17(9-10-18-7-2-3-8-18)15(19)13-11-14(20-12-13)5-4-6-16/h11-12H,2-3,6-10,16H2,1H3. The molecule has 2 rings (SSSR count). The molecule has 0 unspecified atom stereocenters. The molecule has 0 aromatic carbocycles. The minimum Gasteiger partial charge on any atom is -0.340 e. The van der Waals surface area contributed by atoms with Crippen LogP contribution in [0.5, 0.6) is 0 Å². The van der Waals surface area contributed by atoms with Gasteiger partial charge in [-0.05, 0) is 32.0 Å². The zero-order valence-corrected chi connectivity index (χ0v) is 12.7. The van der Waals surface area contributed by atoms with Crippen molar-refractivity contribution in [3.63, 3.8) is 0 Å². The van der Waals surface area contributed by atoms with Crippen molar-refractivity contribution in [2.45, 2.75) is 12.8 Å². The van der Waals surface area contributed by atoms with Gasteiger partial charge in [-0.25, -0.2) is 0 Å². The van der Waals surface area contributed by atoms with E-state index in [4.69, 9.17) is 5.73 Å². The largest absolute Gasteiger partial charge is 0.340 e. The van der Waals surface area contributed by atoms with Gasteiger partial charge in [-0.2, -0.15) is 0 Å². The average Bonchev–Trinajstić information content (AvgIpc) is 3.12. The topological polar surface area (TPSA) is 49.6 Å². The van der Waals surface area contributed by atoms with Crippen LogP contribution in [0.25, 0.3) is 0 Å². The van der Waals surface area contributed by atoms with Crippen molar-refractivity contribution >= 4 is 17.2 Å². The molecule has 5 heteroatoms. The second-order valence-electron chi connectivity index (χ2n) is 4.98. The van der Waals surface area contributed by atoms with E-state index >= 15 is 0 Å². The Balaban J connectivity index is 1.87. The van der Waals surface area contributed by atoms with Gasteiger partial charge in [-0.1, -0.05) is 11.8 Å². The fourth-order valence-electron chi connectivity index (χ4n) is 2.27. The van der Waals surface area contributed by atoms with Gasteiger partial charge in [-0.15, -0.1) is 11.3 Å². The van der Waals surface area contributed by atoms with Gasteiger partial charge in [0.1, 0.15) is 0 Å². The Labute approximate surface area is 124 Å². The highest BCUT2D eigenvalue weighted by Crippen LogP contribution is 2.15. The van der Waals surface area contributed by atoms with E-state index in [1.165, 1.54) is 37.3 Å². The summed E-state index contributed by atoms with van der Waals surface area (Å²) in [5.41, 5.74) is 6.06. The number of likely N-dealkylation sites (tertiary alicyclic amines) is 1. The number of carbonyl (C=O) groups excluding carboxylic acids is 1. The number of nitrogens with zero attached hydrogens (tertiary/aromatic N) is 2. The first-order valence-corrected chi connectivity index (χ1v) is 7.84. The Bertz CT molecular complexity index is 509. The quantitative estimate of drug-likeness (QED) is 0.849. The van der Waals surface area contributed by atoms with Crippen LogP contribution < -0.4 is 5.73 Å². The Kier molecular flexibility index (Phi) is 5.60. The highest BCUT2D eigenvalue weighted by molar-refractivity contribution is 7.10. The number of thiophene rings is 1. The van der Waals surface area contributed by atoms with Crippen molar-refractivity contribution in [1.82, 2.24) is 9.80 Å². The third kappa shape index (κ3) is 4.07. The van der Waals surface area contributed by atoms with E-state index in [-0.39, 0.29) is 5.91 Å². The lowest BCUT2D eigenvalue weighted by Gasteiger charge is -2.21. The Morgan fingerprint density at radius 2 is 2.25 bits per heavy atom. The summed E-state index contributed by atoms with van der Waals surface area (Å²) in [4.78, 5) is 17.4. The summed E-state index contributed by atoms with van der Waals surface area (Å²) in [5, 5.41) is 1.87. The number of hydrogen-bond acceptors (Lipinski definition) is 4. The molecule has 4 nitrogen and oxygen atoms in total. The number of likely N-dealkylation sites (N-methyl/N-ethyl adjacent to an activating group) is 1. The maximum absolute atomic E-state index is 12.3. The summed E-state index contributed by atoms with van der Waals surface area (Å²) >= 11 is 1.49. The molecule has 2 heterocycles. The second kappa shape index (κ2) is 7.44. The lowest BCUT2D eigenvalue weighted by molar-refractivity contribution is 0.0783. The molecular weight excluding hydrogens is 270 g/mol. The van der Waals surface area contributed by atoms with Crippen LogP contribution in [0.2, 0.25) is 0 Å². The molecule has 0 spiro atoms. The minimum atomic E-state index is 0.0706. The van der Waals surface area contributed by atoms with Gasteiger partial charge in [0.15, 0.2) is 0 Å². The number of rotatable bonds is 4. The predicted molar refractivity (Wildman–Crippen MR) is 82.9 cm³/mol. The van der Waals surface area contributed by atoms with E-state index in [0.29, 0.717) is 6.54 Å². The maximum Gasteiger partial charge on any atom is 0.254 e. The van der Waals surface area contributed by atoms with Gasteiger partial charge in [0, 0.05) is 25.5 Å². The van der Waals surface area contributed by atoms with Crippen molar-refractivity contribution in [3.8, 4) is 11.8 Å². The molecule has 1 aromatic rings. The van der Waals surface area contributed by atoms with E-state index in [0.717, 1.165) is 23.5 Å². The van der Waals surface area contributed by atoms with E-state index in [1.54, 1.807) is 4.90 Å². The molecule has 1 fully saturated rings. The number of amides is 1. The molecule has 1 saturated heterocycles. The van der Waals surface area contributed by atoms with Crippen LogP contribution in [0, 0.1) is 11.8 Å². The monoisotopic (exact) mass is 291 g/mol. The molecule has 0 atom stereocenters. The molecule has 1 aliphatic heterocycles. The fourth-order valence-corrected chi connectivity index (χ4v) is 3.02. The fraction of sp³-hybridized carbons (Fsp3) is 0.533. The van der Waals surface area contributed by atoms with Crippen LogP contribution in [0.1, 0.15) is 28.1 Å². The summed E-state index contributed by atoms with van der Waals surface area (Å²) in [6.45, 7) is 4.42. The third-order valence-electron chi connectivity index (χ3n) is 3.46. The highest BCUT2D eigenvalue weighted by Gasteiger charge is 2.16. The van der Waals surface area contributed by atoms with Crippen molar-refractivity contribution in [1.29, 1.82) is 0 Å². The molecule has 1 aliphatic rings. The lowest BCUT2D eigenvalue weighted by Crippen LogP contribution is -2.35. The Morgan fingerprint density at radius 3 is 2.95 bits per heavy atom. The van der Waals surface area contributed by atoms with Crippen LogP contribution in [0.15, 0.2) is 11.4 Å². The zero-order chi connectivity index (χ0) is 14.4. The van der Waals surface area contributed by atoms with Gasteiger partial charge < -0.3 is 15.5 Å². The first-order chi connectivity index (χ1) is 9.70. The van der Waals surface area contributed by atoms with Crippen molar-refractivity contribution in [3.05, 3.63) is 21.9 Å². The van der Waals surface area contributed by atoms with Gasteiger partial charge in [0.2, 0.25) is 0 Å². The zero-order valence-electron chi connectivity index (χ0n) is 11.9. The van der Waals surface area contributed by atoms with E-state index in [2.05, 4.69) is 16.7 Å². The number of hydrogen-bond donors (Lipinski definition) is 1. The first kappa shape index (κ1) is 15.0. The van der Waals surface area contributed by atoms with E-state index < -0.39 is 0 Å². The Hall–Kier alpha value is -1.35. The SMILES string of the molecule is CN(CCN1CCCC1)C(=O)c1csc(C#CCN)c1. The van der Waals surface area contributed by atoms with E-state index in [9.17, 15) is 4.79 Å². The molecule has 1 amide bonds. The molecule has 108 valence electrons. The molecule has 1 aromatic heterocycles. The molecule has 2 N–H and O–H groups in total. The molecule has 0 bridgehead atoms. The first-order valence-electron chi connectivity index (χ1n) is 6.96. The summed E-state index contributed by atoms with van der Waals surface area (Å²) < 4.78 is 0. The predicted octanol–water partition coefficient (Wildman–Crippen LogP) is 1.23. The summed E-state index contributed by atoms with van der Waals surface area (Å²) in [7, 11) is 1.86. The molecule has 0 saturated carbocycles. The summed E-state index contributed by atoms with van der Waals surface area (Å²) in [5.74, 6) is 5.84. The van der Waals surface area contributed by atoms with Crippen molar-refractivity contribution in [2.24, 2.45) is 5.73 Å². The maximum atomic E-state index is 12.3. The number of nitrogens with two attached hydrogens (primary N) is 1. The number of carbonyl (C=O) groups is 1. The Morgan fingerprint density at radius 1 is 1.50 bits per heavy atom. The van der Waals surface area contributed by atoms with Gasteiger partial charge >= 0.3 is 0 Å². The average molecular weight is 291 g/mol. The van der Waals surface area contributed by atoms with Crippen molar-refractivity contribution < 1.29 is 4.79 Å². The third-order valence-corrected chi connectivity index (χ3v) is 4.30. The van der Waals surface area contributed by atoms with Crippen molar-refractivity contribution in [2.75, 3.05) is 39.8 Å². The van der Waals surface area contributed by atoms with Crippen LogP contribution in [-0.4, -0.2) is 55.5 Å². The van der Waals surface area contributed by atoms with Crippen LogP contribution >= 0.6 is 11.3 Å². The molecule has 0 radical (unpaired) electrons. The highest BCUT2D eigenvalue weighted by atomic mass is 32.1. The van der Waals surface area contributed by atoms with E-state index in [1.807, 2.05) is 18.5 Å². The van der Waals surface area contributed by atoms with Crippen LogP contribution in [-0.2, 0) is 0 Å². The van der Waals surface area contributed by atoms with Gasteiger partial charge in [0.05, 0.1) is 17.0 Å². The normalized spacial score (nSPS) is 14.9.